The molecule has 0 saturated carbocycles. The number of nitrogens with zero attached hydrogens (tertiary/aromatic N) is 1. The van der Waals surface area contributed by atoms with Gasteiger partial charge >= 0.3 is 0 Å². The van der Waals surface area contributed by atoms with E-state index in [-0.39, 0.29) is 11.8 Å². The van der Waals surface area contributed by atoms with Crippen LogP contribution in [-0.2, 0) is 9.59 Å². The van der Waals surface area contributed by atoms with Crippen molar-refractivity contribution in [1.29, 1.82) is 0 Å². The molecule has 0 aliphatic carbocycles. The highest BCUT2D eigenvalue weighted by molar-refractivity contribution is 5.88. The second kappa shape index (κ2) is 7.11. The monoisotopic (exact) mass is 336 g/mol. The molecule has 1 saturated heterocycles. The molecule has 24 heavy (non-hydrogen) atoms. The van der Waals surface area contributed by atoms with E-state index in [0.29, 0.717) is 31.5 Å². The average Bonchev–Trinajstić information content (AvgIpc) is 2.53. The highest BCUT2D eigenvalue weighted by atomic mass is 19.1. The summed E-state index contributed by atoms with van der Waals surface area (Å²) in [6.45, 7) is 7.96. The highest BCUT2D eigenvalue weighted by Gasteiger charge is 2.38. The van der Waals surface area contributed by atoms with Crippen molar-refractivity contribution < 1.29 is 18.4 Å². The van der Waals surface area contributed by atoms with Crippen LogP contribution < -0.4 is 5.32 Å². The third-order valence-electron chi connectivity index (χ3n) is 4.63. The van der Waals surface area contributed by atoms with E-state index in [2.05, 4.69) is 11.9 Å². The summed E-state index contributed by atoms with van der Waals surface area (Å²) in [5.74, 6) is -1.66. The largest absolute Gasteiger partial charge is 0.349 e. The third-order valence-corrected chi connectivity index (χ3v) is 4.63. The molecule has 2 amide bonds. The van der Waals surface area contributed by atoms with Crippen molar-refractivity contribution in [2.75, 3.05) is 13.1 Å². The normalized spacial score (nSPS) is 17.9. The van der Waals surface area contributed by atoms with Crippen LogP contribution in [0.25, 0.3) is 0 Å². The summed E-state index contributed by atoms with van der Waals surface area (Å²) in [5.41, 5.74) is -0.235. The first-order valence-electron chi connectivity index (χ1n) is 7.93. The SMILES string of the molecule is C=CC(=O)N1CCC(C)(C(=O)N[C@H](C)c2cc(F)cc(F)c2)CC1. The first-order chi connectivity index (χ1) is 11.2. The van der Waals surface area contributed by atoms with Crippen molar-refractivity contribution in [3.05, 3.63) is 48.1 Å². The van der Waals surface area contributed by atoms with E-state index in [9.17, 15) is 18.4 Å². The Labute approximate surface area is 140 Å². The molecule has 0 unspecified atom stereocenters. The Bertz CT molecular complexity index is 632. The quantitative estimate of drug-likeness (QED) is 0.860. The lowest BCUT2D eigenvalue weighted by molar-refractivity contribution is -0.137. The summed E-state index contributed by atoms with van der Waals surface area (Å²) < 4.78 is 26.6. The number of halogens is 2. The number of carbonyl (C=O) groups is 2. The highest BCUT2D eigenvalue weighted by Crippen LogP contribution is 2.32. The van der Waals surface area contributed by atoms with Crippen molar-refractivity contribution in [2.24, 2.45) is 5.41 Å². The molecular weight excluding hydrogens is 314 g/mol. The van der Waals surface area contributed by atoms with Crippen molar-refractivity contribution in [2.45, 2.75) is 32.7 Å². The minimum absolute atomic E-state index is 0.138. The molecule has 1 heterocycles. The third kappa shape index (κ3) is 3.99. The Kier molecular flexibility index (Phi) is 5.36. The number of piperidine rings is 1. The van der Waals surface area contributed by atoms with Crippen LogP contribution in [-0.4, -0.2) is 29.8 Å². The molecule has 1 N–H and O–H groups in total. The molecule has 0 spiro atoms. The summed E-state index contributed by atoms with van der Waals surface area (Å²) in [6, 6.07) is 2.71. The number of likely N-dealkylation sites (tertiary alicyclic amines) is 1. The standard InChI is InChI=1S/C18H22F2N2O2/c1-4-16(23)22-7-5-18(3,6-8-22)17(24)21-12(2)13-9-14(19)11-15(20)10-13/h4,9-12H,1,5-8H2,2-3H3,(H,21,24)/t12-/m1/s1. The van der Waals surface area contributed by atoms with Crippen molar-refractivity contribution >= 4 is 11.8 Å². The van der Waals surface area contributed by atoms with E-state index in [1.165, 1.54) is 18.2 Å². The average molecular weight is 336 g/mol. The summed E-state index contributed by atoms with van der Waals surface area (Å²) in [7, 11) is 0. The fourth-order valence-electron chi connectivity index (χ4n) is 2.86. The van der Waals surface area contributed by atoms with Crippen LogP contribution in [0.3, 0.4) is 0 Å². The predicted molar refractivity (Wildman–Crippen MR) is 87.0 cm³/mol. The Morgan fingerprint density at radius 3 is 2.29 bits per heavy atom. The molecule has 1 fully saturated rings. The van der Waals surface area contributed by atoms with Crippen LogP contribution in [0.5, 0.6) is 0 Å². The molecule has 1 aromatic carbocycles. The molecule has 1 aromatic rings. The lowest BCUT2D eigenvalue weighted by Crippen LogP contribution is -2.48. The number of benzene rings is 1. The molecule has 0 radical (unpaired) electrons. The molecule has 0 aromatic heterocycles. The van der Waals surface area contributed by atoms with E-state index in [4.69, 9.17) is 0 Å². The van der Waals surface area contributed by atoms with Crippen LogP contribution in [0.15, 0.2) is 30.9 Å². The van der Waals surface area contributed by atoms with Crippen molar-refractivity contribution in [3.63, 3.8) is 0 Å². The topological polar surface area (TPSA) is 49.4 Å². The molecule has 4 nitrogen and oxygen atoms in total. The van der Waals surface area contributed by atoms with Gasteiger partial charge in [-0.1, -0.05) is 13.5 Å². The Morgan fingerprint density at radius 1 is 1.25 bits per heavy atom. The minimum Gasteiger partial charge on any atom is -0.349 e. The minimum atomic E-state index is -0.673. The summed E-state index contributed by atoms with van der Waals surface area (Å²) in [4.78, 5) is 25.9. The van der Waals surface area contributed by atoms with Crippen LogP contribution in [0, 0.1) is 17.0 Å². The van der Waals surface area contributed by atoms with Crippen LogP contribution in [0.4, 0.5) is 8.78 Å². The number of hydrogen-bond donors (Lipinski definition) is 1. The molecule has 1 aliphatic rings. The van der Waals surface area contributed by atoms with Gasteiger partial charge in [0.1, 0.15) is 11.6 Å². The van der Waals surface area contributed by atoms with Crippen molar-refractivity contribution in [3.8, 4) is 0 Å². The molecule has 1 aliphatic heterocycles. The van der Waals surface area contributed by atoms with E-state index in [1.54, 1.807) is 11.8 Å². The van der Waals surface area contributed by atoms with Gasteiger partial charge in [0.15, 0.2) is 0 Å². The van der Waals surface area contributed by atoms with Gasteiger partial charge in [-0.05, 0) is 43.5 Å². The van der Waals surface area contributed by atoms with Gasteiger partial charge in [-0.15, -0.1) is 0 Å². The molecule has 6 heteroatoms. The fourth-order valence-corrected chi connectivity index (χ4v) is 2.86. The van der Waals surface area contributed by atoms with E-state index < -0.39 is 23.1 Å². The number of nitrogens with one attached hydrogen (secondary N) is 1. The molecule has 2 rings (SSSR count). The maximum Gasteiger partial charge on any atom is 0.245 e. The van der Waals surface area contributed by atoms with Gasteiger partial charge in [0, 0.05) is 24.6 Å². The van der Waals surface area contributed by atoms with Gasteiger partial charge in [0.25, 0.3) is 0 Å². The summed E-state index contributed by atoms with van der Waals surface area (Å²) in [6.07, 6.45) is 2.33. The lowest BCUT2D eigenvalue weighted by atomic mass is 9.79. The van der Waals surface area contributed by atoms with Gasteiger partial charge in [0.05, 0.1) is 6.04 Å². The number of amides is 2. The zero-order valence-corrected chi connectivity index (χ0v) is 13.9. The number of hydrogen-bond acceptors (Lipinski definition) is 2. The molecule has 1 atom stereocenters. The van der Waals surface area contributed by atoms with Gasteiger partial charge in [-0.25, -0.2) is 8.78 Å². The smallest absolute Gasteiger partial charge is 0.245 e. The Morgan fingerprint density at radius 2 is 1.79 bits per heavy atom. The molecule has 0 bridgehead atoms. The molecular formula is C18H22F2N2O2. The number of carbonyl (C=O) groups excluding carboxylic acids is 2. The lowest BCUT2D eigenvalue weighted by Gasteiger charge is -2.38. The van der Waals surface area contributed by atoms with E-state index >= 15 is 0 Å². The number of rotatable bonds is 4. The maximum absolute atomic E-state index is 13.3. The molecule has 130 valence electrons. The maximum atomic E-state index is 13.3. The van der Waals surface area contributed by atoms with Gasteiger partial charge in [0.2, 0.25) is 11.8 Å². The van der Waals surface area contributed by atoms with Crippen LogP contribution >= 0.6 is 0 Å². The van der Waals surface area contributed by atoms with Crippen molar-refractivity contribution in [1.82, 2.24) is 10.2 Å². The Hall–Kier alpha value is -2.24. The Balaban J connectivity index is 2.01. The first-order valence-corrected chi connectivity index (χ1v) is 7.93. The van der Waals surface area contributed by atoms with Gasteiger partial charge in [-0.2, -0.15) is 0 Å². The zero-order valence-electron chi connectivity index (χ0n) is 13.9. The first kappa shape index (κ1) is 18.1. The summed E-state index contributed by atoms with van der Waals surface area (Å²) in [5, 5.41) is 2.82. The fraction of sp³-hybridized carbons (Fsp3) is 0.444. The van der Waals surface area contributed by atoms with Crippen LogP contribution in [0.2, 0.25) is 0 Å². The van der Waals surface area contributed by atoms with E-state index in [0.717, 1.165) is 6.07 Å². The second-order valence-electron chi connectivity index (χ2n) is 6.49. The summed E-state index contributed by atoms with van der Waals surface area (Å²) >= 11 is 0. The van der Waals surface area contributed by atoms with E-state index in [1.807, 2.05) is 6.92 Å². The van der Waals surface area contributed by atoms with Gasteiger partial charge < -0.3 is 10.2 Å². The zero-order chi connectivity index (χ0) is 17.9. The van der Waals surface area contributed by atoms with Gasteiger partial charge in [-0.3, -0.25) is 9.59 Å². The predicted octanol–water partition coefficient (Wildman–Crippen LogP) is 2.96. The van der Waals surface area contributed by atoms with Crippen LogP contribution in [0.1, 0.15) is 38.3 Å². The second-order valence-corrected chi connectivity index (χ2v) is 6.49.